The van der Waals surface area contributed by atoms with Gasteiger partial charge in [-0.3, -0.25) is 4.98 Å². The van der Waals surface area contributed by atoms with Crippen LogP contribution in [0.3, 0.4) is 0 Å². The van der Waals surface area contributed by atoms with Crippen molar-refractivity contribution in [3.05, 3.63) is 48.3 Å². The molecule has 0 fully saturated rings. The number of carboxylic acid groups (broad SMARTS) is 1. The zero-order valence-corrected chi connectivity index (χ0v) is 13.8. The monoisotopic (exact) mass is 341 g/mol. The van der Waals surface area contributed by atoms with E-state index in [4.69, 9.17) is 14.7 Å². The van der Waals surface area contributed by atoms with E-state index in [1.807, 2.05) is 43.3 Å². The summed E-state index contributed by atoms with van der Waals surface area (Å²) in [6.45, 7) is 2.45. The second kappa shape index (κ2) is 7.65. The lowest BCUT2D eigenvalue weighted by atomic mass is 10.1. The third-order valence-electron chi connectivity index (χ3n) is 3.76. The molecule has 1 amide bonds. The van der Waals surface area contributed by atoms with Crippen LogP contribution in [0.4, 0.5) is 4.79 Å². The summed E-state index contributed by atoms with van der Waals surface area (Å²) in [5.41, 5.74) is 3.63. The molecular weight excluding hydrogens is 322 g/mol. The number of para-hydroxylation sites is 1. The first-order chi connectivity index (χ1) is 12.1. The lowest BCUT2D eigenvalue weighted by Crippen LogP contribution is -2.28. The van der Waals surface area contributed by atoms with Crippen molar-refractivity contribution in [2.24, 2.45) is 5.16 Å². The fraction of sp³-hybridized carbons (Fsp3) is 0.278. The number of aryl methyl sites for hydroxylation is 1. The molecule has 1 unspecified atom stereocenters. The van der Waals surface area contributed by atoms with Crippen molar-refractivity contribution < 1.29 is 19.5 Å². The molecule has 7 heteroatoms. The van der Waals surface area contributed by atoms with Crippen LogP contribution in [-0.4, -0.2) is 41.2 Å². The van der Waals surface area contributed by atoms with Crippen LogP contribution >= 0.6 is 0 Å². The summed E-state index contributed by atoms with van der Waals surface area (Å²) < 4.78 is 5.93. The second-order valence-corrected chi connectivity index (χ2v) is 5.74. The molecule has 0 radical (unpaired) electrons. The summed E-state index contributed by atoms with van der Waals surface area (Å²) in [5.74, 6) is 0.758. The first-order valence-electron chi connectivity index (χ1n) is 7.95. The van der Waals surface area contributed by atoms with Crippen LogP contribution < -0.4 is 10.1 Å². The van der Waals surface area contributed by atoms with Gasteiger partial charge in [-0.25, -0.2) is 4.79 Å². The van der Waals surface area contributed by atoms with Gasteiger partial charge in [-0.1, -0.05) is 23.4 Å². The van der Waals surface area contributed by atoms with Gasteiger partial charge in [0.1, 0.15) is 12.4 Å². The molecule has 0 aliphatic carbocycles. The number of amides is 1. The van der Waals surface area contributed by atoms with Crippen molar-refractivity contribution in [3.63, 3.8) is 0 Å². The number of nitrogens with one attached hydrogen (secondary N) is 1. The van der Waals surface area contributed by atoms with Crippen molar-refractivity contribution in [2.75, 3.05) is 13.2 Å². The summed E-state index contributed by atoms with van der Waals surface area (Å²) in [6, 6.07) is 11.7. The Morgan fingerprint density at radius 1 is 1.40 bits per heavy atom. The summed E-state index contributed by atoms with van der Waals surface area (Å²) in [6.07, 6.45) is 1.01. The molecule has 130 valence electrons. The predicted octanol–water partition coefficient (Wildman–Crippen LogP) is 2.85. The maximum Gasteiger partial charge on any atom is 0.404 e. The smallest absolute Gasteiger partial charge is 0.404 e. The number of hydrogen-bond donors (Lipinski definition) is 2. The molecule has 7 nitrogen and oxygen atoms in total. The topological polar surface area (TPSA) is 93.0 Å². The Morgan fingerprint density at radius 3 is 3.04 bits per heavy atom. The Kier molecular flexibility index (Phi) is 5.13. The standard InChI is InChI=1S/C18H19N3O4/c1-12-8-13(6-7-19-12)16-4-2-3-5-17(16)24-11-15-9-14(21-25-15)10-20-18(22)23/h2-8,15,20H,9-11H2,1H3,(H,22,23). The highest BCUT2D eigenvalue weighted by molar-refractivity contribution is 5.89. The van der Waals surface area contributed by atoms with Crippen LogP contribution in [0.1, 0.15) is 12.1 Å². The van der Waals surface area contributed by atoms with Crippen LogP contribution in [0.2, 0.25) is 0 Å². The Labute approximate surface area is 145 Å². The van der Waals surface area contributed by atoms with Gasteiger partial charge in [0.2, 0.25) is 0 Å². The van der Waals surface area contributed by atoms with Crippen LogP contribution in [0.5, 0.6) is 5.75 Å². The molecule has 0 saturated carbocycles. The van der Waals surface area contributed by atoms with E-state index >= 15 is 0 Å². The fourth-order valence-electron chi connectivity index (χ4n) is 2.58. The van der Waals surface area contributed by atoms with E-state index in [0.29, 0.717) is 18.7 Å². The number of ether oxygens (including phenoxy) is 1. The largest absolute Gasteiger partial charge is 0.489 e. The molecule has 1 aromatic heterocycles. The molecule has 25 heavy (non-hydrogen) atoms. The van der Waals surface area contributed by atoms with Crippen molar-refractivity contribution >= 4 is 11.8 Å². The van der Waals surface area contributed by atoms with Crippen LogP contribution in [0.15, 0.2) is 47.8 Å². The number of oxime groups is 1. The van der Waals surface area contributed by atoms with Crippen LogP contribution in [0, 0.1) is 6.92 Å². The predicted molar refractivity (Wildman–Crippen MR) is 92.9 cm³/mol. The lowest BCUT2D eigenvalue weighted by molar-refractivity contribution is 0.0472. The summed E-state index contributed by atoms with van der Waals surface area (Å²) in [7, 11) is 0. The average Bonchev–Trinajstić information content (AvgIpc) is 3.06. The van der Waals surface area contributed by atoms with E-state index in [9.17, 15) is 4.79 Å². The molecule has 2 aromatic rings. The summed E-state index contributed by atoms with van der Waals surface area (Å²) in [5, 5.41) is 14.8. The highest BCUT2D eigenvalue weighted by atomic mass is 16.7. The minimum Gasteiger partial charge on any atom is -0.489 e. The molecule has 0 saturated heterocycles. The zero-order valence-electron chi connectivity index (χ0n) is 13.8. The maximum atomic E-state index is 10.5. The average molecular weight is 341 g/mol. The molecule has 1 aliphatic heterocycles. The first kappa shape index (κ1) is 16.8. The van der Waals surface area contributed by atoms with Gasteiger partial charge >= 0.3 is 6.09 Å². The summed E-state index contributed by atoms with van der Waals surface area (Å²) >= 11 is 0. The molecule has 2 heterocycles. The molecule has 1 aromatic carbocycles. The van der Waals surface area contributed by atoms with Gasteiger partial charge in [0.15, 0.2) is 6.10 Å². The van der Waals surface area contributed by atoms with E-state index in [1.54, 1.807) is 6.20 Å². The second-order valence-electron chi connectivity index (χ2n) is 5.74. The van der Waals surface area contributed by atoms with E-state index in [-0.39, 0.29) is 12.6 Å². The number of nitrogens with zero attached hydrogens (tertiary/aromatic N) is 2. The van der Waals surface area contributed by atoms with Gasteiger partial charge in [0.05, 0.1) is 12.3 Å². The van der Waals surface area contributed by atoms with Crippen LogP contribution in [-0.2, 0) is 4.84 Å². The van der Waals surface area contributed by atoms with E-state index in [0.717, 1.165) is 22.6 Å². The minimum absolute atomic E-state index is 0.165. The maximum absolute atomic E-state index is 10.5. The number of carbonyl (C=O) groups is 1. The van der Waals surface area contributed by atoms with Gasteiger partial charge < -0.3 is 20.0 Å². The Bertz CT molecular complexity index is 791. The highest BCUT2D eigenvalue weighted by Gasteiger charge is 2.22. The van der Waals surface area contributed by atoms with Gasteiger partial charge in [-0.2, -0.15) is 0 Å². The quantitative estimate of drug-likeness (QED) is 0.843. The van der Waals surface area contributed by atoms with Crippen molar-refractivity contribution in [2.45, 2.75) is 19.4 Å². The number of aromatic nitrogens is 1. The molecule has 1 aliphatic rings. The third-order valence-corrected chi connectivity index (χ3v) is 3.76. The molecule has 0 spiro atoms. The van der Waals surface area contributed by atoms with E-state index < -0.39 is 6.09 Å². The molecule has 3 rings (SSSR count). The number of benzene rings is 1. The SMILES string of the molecule is Cc1cc(-c2ccccc2OCC2CC(CNC(=O)O)=NO2)ccn1. The molecule has 1 atom stereocenters. The van der Waals surface area contributed by atoms with Gasteiger partial charge in [-0.15, -0.1) is 0 Å². The van der Waals surface area contributed by atoms with Crippen molar-refractivity contribution in [1.82, 2.24) is 10.3 Å². The number of rotatable bonds is 6. The van der Waals surface area contributed by atoms with Crippen LogP contribution in [0.25, 0.3) is 11.1 Å². The lowest BCUT2D eigenvalue weighted by Gasteiger charge is -2.14. The highest BCUT2D eigenvalue weighted by Crippen LogP contribution is 2.30. The fourth-order valence-corrected chi connectivity index (χ4v) is 2.58. The summed E-state index contributed by atoms with van der Waals surface area (Å²) in [4.78, 5) is 20.0. The number of hydrogen-bond acceptors (Lipinski definition) is 5. The van der Waals surface area contributed by atoms with Gasteiger partial charge in [0, 0.05) is 23.9 Å². The Morgan fingerprint density at radius 2 is 2.24 bits per heavy atom. The normalized spacial score (nSPS) is 16.0. The van der Waals surface area contributed by atoms with E-state index in [1.165, 1.54) is 0 Å². The van der Waals surface area contributed by atoms with Gasteiger partial charge in [-0.05, 0) is 30.7 Å². The Hall–Kier alpha value is -3.09. The van der Waals surface area contributed by atoms with Gasteiger partial charge in [0.25, 0.3) is 0 Å². The van der Waals surface area contributed by atoms with Crippen molar-refractivity contribution in [1.29, 1.82) is 0 Å². The van der Waals surface area contributed by atoms with E-state index in [2.05, 4.69) is 15.5 Å². The first-order valence-corrected chi connectivity index (χ1v) is 7.95. The Balaban J connectivity index is 1.61. The molecule has 0 bridgehead atoms. The number of pyridine rings is 1. The molecular formula is C18H19N3O4. The minimum atomic E-state index is -1.08. The molecule has 2 N–H and O–H groups in total. The van der Waals surface area contributed by atoms with Crippen molar-refractivity contribution in [3.8, 4) is 16.9 Å². The third kappa shape index (κ3) is 4.47. The zero-order chi connectivity index (χ0) is 17.6.